The van der Waals surface area contributed by atoms with E-state index in [-0.39, 0.29) is 22.7 Å². The van der Waals surface area contributed by atoms with Crippen molar-refractivity contribution < 1.29 is 10.9 Å². The van der Waals surface area contributed by atoms with Gasteiger partial charge in [-0.15, -0.1) is 0 Å². The largest absolute Gasteiger partial charge is 0.497 e. The van der Waals surface area contributed by atoms with E-state index in [1.54, 1.807) is 18.1 Å². The number of alkyl halides is 1. The smallest absolute Gasteiger partial charge is 0.231 e. The third-order valence-corrected chi connectivity index (χ3v) is 4.58. The third-order valence-electron chi connectivity index (χ3n) is 3.51. The Labute approximate surface area is 116 Å². The summed E-state index contributed by atoms with van der Waals surface area (Å²) in [5.41, 5.74) is 1.05. The Kier molecular flexibility index (Phi) is 2.61. The van der Waals surface area contributed by atoms with Gasteiger partial charge in [0.25, 0.3) is 0 Å². The number of hydrogen-bond donors (Lipinski definition) is 0. The van der Waals surface area contributed by atoms with E-state index in [1.165, 1.54) is 0 Å². The molecule has 1 aliphatic carbocycles. The molecule has 1 aromatic carbocycles. The zero-order chi connectivity index (χ0) is 13.6. The number of fused-ring (bicyclic) bond motifs is 2. The zero-order valence-electron chi connectivity index (χ0n) is 11.0. The molecule has 3 nitrogen and oxygen atoms in total. The summed E-state index contributed by atoms with van der Waals surface area (Å²) in [7, 11) is 1.63. The summed E-state index contributed by atoms with van der Waals surface area (Å²) in [6, 6.07) is 8.09. The first-order valence-corrected chi connectivity index (χ1v) is 6.79. The average Bonchev–Trinajstić information content (AvgIpc) is 2.82. The molecule has 0 unspecified atom stereocenters. The van der Waals surface area contributed by atoms with Crippen LogP contribution in [0.1, 0.15) is 6.93 Å². The number of amides is 1. The molecule has 3 rings (SSSR count). The standard InChI is InChI=1S/C14H14BrNO2/c1-18-10-4-2-9(3-5-10)8-16-12-7-6-11(13(12)15)14(16)17/h2-7,11-13H,8H2,1H3/t11-,12+,13+/m1/s1/i7D. The predicted molar refractivity (Wildman–Crippen MR) is 72.7 cm³/mol. The summed E-state index contributed by atoms with van der Waals surface area (Å²) < 4.78 is 13.0. The lowest BCUT2D eigenvalue weighted by Gasteiger charge is -2.24. The molecule has 2 aliphatic rings. The van der Waals surface area contributed by atoms with Gasteiger partial charge in [-0.1, -0.05) is 40.2 Å². The van der Waals surface area contributed by atoms with Crippen molar-refractivity contribution in [3.05, 3.63) is 42.0 Å². The molecule has 1 saturated heterocycles. The van der Waals surface area contributed by atoms with Crippen molar-refractivity contribution in [2.24, 2.45) is 5.92 Å². The quantitative estimate of drug-likeness (QED) is 0.634. The van der Waals surface area contributed by atoms with E-state index >= 15 is 0 Å². The highest BCUT2D eigenvalue weighted by atomic mass is 79.9. The summed E-state index contributed by atoms with van der Waals surface area (Å²) in [5.74, 6) is 0.743. The van der Waals surface area contributed by atoms with Crippen LogP contribution in [-0.2, 0) is 11.3 Å². The molecule has 4 heteroatoms. The highest BCUT2D eigenvalue weighted by Crippen LogP contribution is 2.39. The number of ether oxygens (including phenoxy) is 1. The van der Waals surface area contributed by atoms with Gasteiger partial charge in [0.2, 0.25) is 5.91 Å². The van der Waals surface area contributed by atoms with E-state index < -0.39 is 0 Å². The van der Waals surface area contributed by atoms with E-state index in [1.807, 2.05) is 24.3 Å². The number of carbonyl (C=O) groups excluding carboxylic acids is 1. The normalized spacial score (nSPS) is 30.4. The van der Waals surface area contributed by atoms with Gasteiger partial charge in [-0.25, -0.2) is 0 Å². The molecule has 1 aromatic rings. The van der Waals surface area contributed by atoms with Crippen LogP contribution in [0.25, 0.3) is 0 Å². The minimum Gasteiger partial charge on any atom is -0.497 e. The lowest BCUT2D eigenvalue weighted by atomic mass is 10.1. The van der Waals surface area contributed by atoms with E-state index in [2.05, 4.69) is 15.9 Å². The van der Waals surface area contributed by atoms with Crippen LogP contribution < -0.4 is 4.74 Å². The topological polar surface area (TPSA) is 29.5 Å². The van der Waals surface area contributed by atoms with Crippen LogP contribution in [0, 0.1) is 5.92 Å². The molecule has 0 aromatic heterocycles. The number of likely N-dealkylation sites (tertiary alicyclic amines) is 1. The number of methoxy groups -OCH3 is 1. The fraction of sp³-hybridized carbons (Fsp3) is 0.357. The van der Waals surface area contributed by atoms with Gasteiger partial charge < -0.3 is 9.64 Å². The van der Waals surface area contributed by atoms with Gasteiger partial charge in [0, 0.05) is 6.54 Å². The molecule has 2 bridgehead atoms. The predicted octanol–water partition coefficient (Wildman–Crippen LogP) is 2.36. The second-order valence-corrected chi connectivity index (χ2v) is 5.62. The van der Waals surface area contributed by atoms with Crippen LogP contribution in [0.4, 0.5) is 0 Å². The number of nitrogens with zero attached hydrogens (tertiary/aromatic N) is 1. The van der Waals surface area contributed by atoms with Crippen LogP contribution in [0.2, 0.25) is 0 Å². The molecule has 3 atom stereocenters. The van der Waals surface area contributed by atoms with Crippen LogP contribution in [0.5, 0.6) is 5.75 Å². The minimum atomic E-state index is -0.171. The fourth-order valence-corrected chi connectivity index (χ4v) is 3.30. The van der Waals surface area contributed by atoms with Crippen molar-refractivity contribution in [3.8, 4) is 5.75 Å². The van der Waals surface area contributed by atoms with E-state index in [0.29, 0.717) is 12.6 Å². The summed E-state index contributed by atoms with van der Waals surface area (Å²) in [5, 5.41) is 0. The van der Waals surface area contributed by atoms with Crippen LogP contribution in [0.3, 0.4) is 0 Å². The number of rotatable bonds is 3. The number of carbonyl (C=O) groups is 1. The lowest BCUT2D eigenvalue weighted by Crippen LogP contribution is -2.34. The highest BCUT2D eigenvalue weighted by molar-refractivity contribution is 9.09. The maximum absolute atomic E-state index is 12.2. The van der Waals surface area contributed by atoms with Crippen LogP contribution in [0.15, 0.2) is 36.4 Å². The molecule has 1 heterocycles. The van der Waals surface area contributed by atoms with Gasteiger partial charge in [0.15, 0.2) is 0 Å². The Morgan fingerprint density at radius 3 is 2.78 bits per heavy atom. The summed E-state index contributed by atoms with van der Waals surface area (Å²) in [4.78, 5) is 14.0. The van der Waals surface area contributed by atoms with Crippen LogP contribution in [-0.4, -0.2) is 28.8 Å². The van der Waals surface area contributed by atoms with Gasteiger partial charge >= 0.3 is 0 Å². The molecule has 0 N–H and O–H groups in total. The van der Waals surface area contributed by atoms with Crippen molar-refractivity contribution in [3.63, 3.8) is 0 Å². The molecule has 1 aliphatic heterocycles. The Morgan fingerprint density at radius 1 is 1.44 bits per heavy atom. The zero-order valence-corrected chi connectivity index (χ0v) is 11.6. The summed E-state index contributed by atoms with van der Waals surface area (Å²) in [6.45, 7) is 0.544. The Hall–Kier alpha value is -1.29. The second-order valence-electron chi connectivity index (χ2n) is 4.56. The second kappa shape index (κ2) is 4.43. The first kappa shape index (κ1) is 10.6. The molecular formula is C14H14BrNO2. The van der Waals surface area contributed by atoms with Crippen molar-refractivity contribution in [2.45, 2.75) is 17.4 Å². The minimum absolute atomic E-state index is 0.0470. The Balaban J connectivity index is 1.80. The molecule has 0 radical (unpaired) electrons. The van der Waals surface area contributed by atoms with E-state index in [9.17, 15) is 4.79 Å². The van der Waals surface area contributed by atoms with Gasteiger partial charge in [0.1, 0.15) is 5.75 Å². The first-order valence-electron chi connectivity index (χ1n) is 6.37. The number of halogens is 1. The van der Waals surface area contributed by atoms with Crippen molar-refractivity contribution in [2.75, 3.05) is 7.11 Å². The fourth-order valence-electron chi connectivity index (χ4n) is 2.48. The van der Waals surface area contributed by atoms with Crippen molar-refractivity contribution in [1.82, 2.24) is 4.90 Å². The monoisotopic (exact) mass is 308 g/mol. The maximum atomic E-state index is 12.2. The molecule has 18 heavy (non-hydrogen) atoms. The van der Waals surface area contributed by atoms with Gasteiger partial charge in [0.05, 0.1) is 25.3 Å². The third kappa shape index (κ3) is 1.75. The van der Waals surface area contributed by atoms with Crippen LogP contribution >= 0.6 is 15.9 Å². The van der Waals surface area contributed by atoms with E-state index in [0.717, 1.165) is 11.3 Å². The Morgan fingerprint density at radius 2 is 2.17 bits per heavy atom. The molecule has 1 amide bonds. The molecule has 1 fully saturated rings. The molecule has 0 saturated carbocycles. The SMILES string of the molecule is [2H]C1=C[C@H]2C(=O)N(Cc3ccc(OC)cc3)[C@@H]1[C@H]2Br. The summed E-state index contributed by atoms with van der Waals surface area (Å²) in [6.07, 6.45) is 1.76. The highest BCUT2D eigenvalue weighted by Gasteiger charge is 2.47. The van der Waals surface area contributed by atoms with Gasteiger partial charge in [-0.05, 0) is 17.7 Å². The number of benzene rings is 1. The summed E-state index contributed by atoms with van der Waals surface area (Å²) >= 11 is 3.53. The van der Waals surface area contributed by atoms with Crippen molar-refractivity contribution >= 4 is 21.8 Å². The molecular weight excluding hydrogens is 294 g/mol. The number of hydrogen-bond acceptors (Lipinski definition) is 2. The Bertz CT molecular complexity index is 543. The molecule has 94 valence electrons. The van der Waals surface area contributed by atoms with Gasteiger partial charge in [-0.3, -0.25) is 4.79 Å². The lowest BCUT2D eigenvalue weighted by molar-refractivity contribution is -0.131. The first-order chi connectivity index (χ1) is 9.11. The van der Waals surface area contributed by atoms with Crippen molar-refractivity contribution in [1.29, 1.82) is 0 Å². The average molecular weight is 309 g/mol. The van der Waals surface area contributed by atoms with E-state index in [4.69, 9.17) is 6.11 Å². The molecule has 0 spiro atoms. The maximum Gasteiger partial charge on any atom is 0.231 e. The van der Waals surface area contributed by atoms with Gasteiger partial charge in [-0.2, -0.15) is 0 Å².